The Morgan fingerprint density at radius 1 is 1.11 bits per heavy atom. The highest BCUT2D eigenvalue weighted by atomic mass is 35.5. The second-order valence-electron chi connectivity index (χ2n) is 6.16. The number of rotatable bonds is 4. The lowest BCUT2D eigenvalue weighted by molar-refractivity contribution is -0.264. The molecule has 1 aliphatic rings. The zero-order valence-corrected chi connectivity index (χ0v) is 16.0. The van der Waals surface area contributed by atoms with E-state index in [0.29, 0.717) is 5.56 Å². The fraction of sp³-hybridized carbons (Fsp3) is 0.222. The van der Waals surface area contributed by atoms with Gasteiger partial charge >= 0.3 is 12.1 Å². The Morgan fingerprint density at radius 2 is 1.71 bits per heavy atom. The first-order chi connectivity index (χ1) is 12.9. The van der Waals surface area contributed by atoms with Crippen LogP contribution in [0.2, 0.25) is 15.1 Å². The SMILES string of the molecule is O=C(CC(O)(c1cc(Cl)c(Cl)c(Cl)c1)C(F)(F)F)c1ccc2c(c1)COC2=O. The highest BCUT2D eigenvalue weighted by Crippen LogP contribution is 2.45. The highest BCUT2D eigenvalue weighted by molar-refractivity contribution is 6.48. The molecule has 1 heterocycles. The van der Waals surface area contributed by atoms with Gasteiger partial charge in [0.05, 0.1) is 27.1 Å². The molecule has 2 aromatic rings. The number of carbonyl (C=O) groups is 2. The fourth-order valence-electron chi connectivity index (χ4n) is 2.80. The molecule has 0 radical (unpaired) electrons. The van der Waals surface area contributed by atoms with Crippen LogP contribution in [-0.4, -0.2) is 23.0 Å². The topological polar surface area (TPSA) is 63.6 Å². The molecule has 1 atom stereocenters. The van der Waals surface area contributed by atoms with Crippen LogP contribution in [0, 0.1) is 0 Å². The van der Waals surface area contributed by atoms with Gasteiger partial charge in [0.15, 0.2) is 11.4 Å². The lowest BCUT2D eigenvalue weighted by Gasteiger charge is -2.31. The molecule has 0 fully saturated rings. The summed E-state index contributed by atoms with van der Waals surface area (Å²) in [6.07, 6.45) is -6.53. The number of alkyl halides is 3. The maximum Gasteiger partial charge on any atom is 0.421 e. The van der Waals surface area contributed by atoms with Crippen LogP contribution in [0.25, 0.3) is 0 Å². The van der Waals surface area contributed by atoms with E-state index in [1.165, 1.54) is 18.2 Å². The van der Waals surface area contributed by atoms with Crippen molar-refractivity contribution in [3.8, 4) is 0 Å². The molecule has 1 aliphatic heterocycles. The third-order valence-corrected chi connectivity index (χ3v) is 5.55. The van der Waals surface area contributed by atoms with Gasteiger partial charge in [-0.2, -0.15) is 13.2 Å². The summed E-state index contributed by atoms with van der Waals surface area (Å²) < 4.78 is 45.9. The largest absolute Gasteiger partial charge is 0.457 e. The first-order valence-electron chi connectivity index (χ1n) is 7.71. The van der Waals surface area contributed by atoms with Crippen LogP contribution in [-0.2, 0) is 16.9 Å². The van der Waals surface area contributed by atoms with Gasteiger partial charge in [-0.15, -0.1) is 0 Å². The predicted molar refractivity (Wildman–Crippen MR) is 95.9 cm³/mol. The third-order valence-electron chi connectivity index (χ3n) is 4.35. The van der Waals surface area contributed by atoms with Crippen molar-refractivity contribution in [2.45, 2.75) is 24.8 Å². The number of Topliss-reactive ketones (excluding diaryl/α,β-unsaturated/α-hetero) is 1. The minimum Gasteiger partial charge on any atom is -0.457 e. The molecule has 0 saturated carbocycles. The Bertz CT molecular complexity index is 968. The normalized spacial score (nSPS) is 15.8. The molecule has 0 aromatic heterocycles. The molecule has 4 nitrogen and oxygen atoms in total. The molecule has 28 heavy (non-hydrogen) atoms. The molecule has 1 unspecified atom stereocenters. The second kappa shape index (κ2) is 7.22. The average molecular weight is 454 g/mol. The molecule has 3 rings (SSSR count). The van der Waals surface area contributed by atoms with Crippen LogP contribution in [0.3, 0.4) is 0 Å². The summed E-state index contributed by atoms with van der Waals surface area (Å²) >= 11 is 17.3. The summed E-state index contributed by atoms with van der Waals surface area (Å²) in [5, 5.41) is 9.67. The Balaban J connectivity index is 2.00. The first-order valence-corrected chi connectivity index (χ1v) is 8.85. The average Bonchev–Trinajstić information content (AvgIpc) is 2.98. The van der Waals surface area contributed by atoms with Gasteiger partial charge in [-0.3, -0.25) is 4.79 Å². The Hall–Kier alpha value is -1.80. The minimum atomic E-state index is -5.21. The lowest BCUT2D eigenvalue weighted by Crippen LogP contribution is -2.44. The molecule has 0 bridgehead atoms. The van der Waals surface area contributed by atoms with E-state index < -0.39 is 35.5 Å². The number of aliphatic hydroxyl groups is 1. The maximum atomic E-state index is 13.7. The van der Waals surface area contributed by atoms with Crippen molar-refractivity contribution in [2.75, 3.05) is 0 Å². The summed E-state index contributed by atoms with van der Waals surface area (Å²) in [6.45, 7) is -0.0821. The van der Waals surface area contributed by atoms with Gasteiger partial charge in [-0.25, -0.2) is 4.79 Å². The van der Waals surface area contributed by atoms with Crippen LogP contribution < -0.4 is 0 Å². The number of cyclic esters (lactones) is 1. The van der Waals surface area contributed by atoms with E-state index in [-0.39, 0.29) is 32.8 Å². The van der Waals surface area contributed by atoms with Crippen molar-refractivity contribution in [1.29, 1.82) is 0 Å². The van der Waals surface area contributed by atoms with Gasteiger partial charge in [-0.1, -0.05) is 40.9 Å². The summed E-state index contributed by atoms with van der Waals surface area (Å²) in [4.78, 5) is 24.0. The number of esters is 1. The summed E-state index contributed by atoms with van der Waals surface area (Å²) in [5.41, 5.74) is -3.76. The standard InChI is InChI=1S/C18H10Cl3F3O4/c19-12-4-10(5-13(20)15(12)21)17(27,18(22,23)24)6-14(25)8-1-2-11-9(3-8)7-28-16(11)26/h1-5,27H,6-7H2. The van der Waals surface area contributed by atoms with Crippen LogP contribution in [0.5, 0.6) is 0 Å². The monoisotopic (exact) mass is 452 g/mol. The smallest absolute Gasteiger partial charge is 0.421 e. The van der Waals surface area contributed by atoms with Crippen LogP contribution in [0.15, 0.2) is 30.3 Å². The van der Waals surface area contributed by atoms with E-state index in [9.17, 15) is 27.9 Å². The summed E-state index contributed by atoms with van der Waals surface area (Å²) in [6, 6.07) is 5.38. The van der Waals surface area contributed by atoms with Crippen LogP contribution >= 0.6 is 34.8 Å². The maximum absolute atomic E-state index is 13.7. The molecule has 0 aliphatic carbocycles. The number of ether oxygens (including phenoxy) is 1. The van der Waals surface area contributed by atoms with E-state index in [4.69, 9.17) is 39.5 Å². The first kappa shape index (κ1) is 20.9. The number of hydrogen-bond donors (Lipinski definition) is 1. The molecule has 2 aromatic carbocycles. The van der Waals surface area contributed by atoms with Crippen molar-refractivity contribution in [3.05, 3.63) is 67.7 Å². The van der Waals surface area contributed by atoms with Crippen molar-refractivity contribution in [2.24, 2.45) is 0 Å². The van der Waals surface area contributed by atoms with Crippen molar-refractivity contribution in [3.63, 3.8) is 0 Å². The third kappa shape index (κ3) is 3.59. The number of hydrogen-bond acceptors (Lipinski definition) is 4. The Kier molecular flexibility index (Phi) is 5.40. The minimum absolute atomic E-state index is 0.0821. The van der Waals surface area contributed by atoms with Gasteiger partial charge in [-0.05, 0) is 29.8 Å². The van der Waals surface area contributed by atoms with Crippen molar-refractivity contribution in [1.82, 2.24) is 0 Å². The highest BCUT2D eigenvalue weighted by Gasteiger charge is 2.56. The molecule has 0 saturated heterocycles. The number of fused-ring (bicyclic) bond motifs is 1. The molecular weight excluding hydrogens is 444 g/mol. The Labute approximate surface area is 171 Å². The lowest BCUT2D eigenvalue weighted by atomic mass is 9.86. The van der Waals surface area contributed by atoms with Gasteiger partial charge in [0.1, 0.15) is 6.61 Å². The summed E-state index contributed by atoms with van der Waals surface area (Å²) in [5.74, 6) is -1.57. The van der Waals surface area contributed by atoms with Gasteiger partial charge in [0.25, 0.3) is 0 Å². The molecular formula is C18H10Cl3F3O4. The molecule has 10 heteroatoms. The Morgan fingerprint density at radius 3 is 2.29 bits per heavy atom. The molecule has 1 N–H and O–H groups in total. The van der Waals surface area contributed by atoms with E-state index in [0.717, 1.165) is 12.1 Å². The molecule has 148 valence electrons. The van der Waals surface area contributed by atoms with Gasteiger partial charge in [0.2, 0.25) is 0 Å². The van der Waals surface area contributed by atoms with Gasteiger partial charge in [0, 0.05) is 11.1 Å². The number of carbonyl (C=O) groups excluding carboxylic acids is 2. The zero-order chi connectivity index (χ0) is 20.9. The van der Waals surface area contributed by atoms with E-state index in [1.807, 2.05) is 0 Å². The van der Waals surface area contributed by atoms with Crippen LogP contribution in [0.1, 0.15) is 38.3 Å². The van der Waals surface area contributed by atoms with Crippen molar-refractivity contribution < 1.29 is 32.6 Å². The molecule has 0 spiro atoms. The second-order valence-corrected chi connectivity index (χ2v) is 7.35. The van der Waals surface area contributed by atoms with Crippen LogP contribution in [0.4, 0.5) is 13.2 Å². The van der Waals surface area contributed by atoms with Gasteiger partial charge < -0.3 is 9.84 Å². The quantitative estimate of drug-likeness (QED) is 0.386. The number of ketones is 1. The number of halogens is 6. The van der Waals surface area contributed by atoms with E-state index in [2.05, 4.69) is 0 Å². The molecule has 0 amide bonds. The zero-order valence-electron chi connectivity index (χ0n) is 13.7. The number of benzene rings is 2. The predicted octanol–water partition coefficient (Wildman–Crippen LogP) is 5.34. The summed E-state index contributed by atoms with van der Waals surface area (Å²) in [7, 11) is 0. The van der Waals surface area contributed by atoms with E-state index in [1.54, 1.807) is 0 Å². The van der Waals surface area contributed by atoms with E-state index >= 15 is 0 Å². The fourth-order valence-corrected chi connectivity index (χ4v) is 3.40. The van der Waals surface area contributed by atoms with Crippen molar-refractivity contribution >= 4 is 46.6 Å².